The van der Waals surface area contributed by atoms with E-state index in [1.807, 2.05) is 20.8 Å². The van der Waals surface area contributed by atoms with Gasteiger partial charge in [0.05, 0.1) is 0 Å². The molecule has 1 aromatic carbocycles. The molecule has 0 unspecified atom stereocenters. The van der Waals surface area contributed by atoms with Crippen molar-refractivity contribution >= 4 is 15.2 Å². The number of aromatic nitrogens is 2. The zero-order chi connectivity index (χ0) is 24.0. The van der Waals surface area contributed by atoms with Crippen LogP contribution in [0.25, 0.3) is 11.4 Å². The van der Waals surface area contributed by atoms with Crippen LogP contribution in [0.15, 0.2) is 48.3 Å². The third-order valence-corrected chi connectivity index (χ3v) is 9.18. The summed E-state index contributed by atoms with van der Waals surface area (Å²) in [6.45, 7) is 5.79. The molecule has 2 rings (SSSR count). The fraction of sp³-hybridized carbons (Fsp3) is 0.476. The van der Waals surface area contributed by atoms with E-state index in [-0.39, 0.29) is 12.5 Å². The van der Waals surface area contributed by atoms with Gasteiger partial charge >= 0.3 is 15.2 Å². The number of aromatic amines is 1. The third-order valence-electron chi connectivity index (χ3n) is 5.23. The van der Waals surface area contributed by atoms with Gasteiger partial charge in [0, 0.05) is 31.0 Å². The molecule has 0 amide bonds. The summed E-state index contributed by atoms with van der Waals surface area (Å²) in [4.78, 5) is 46.9. The van der Waals surface area contributed by atoms with Gasteiger partial charge in [0.15, 0.2) is 0 Å². The third kappa shape index (κ3) is 6.96. The number of imidazole rings is 1. The van der Waals surface area contributed by atoms with Crippen LogP contribution in [0.3, 0.4) is 0 Å². The molecule has 0 saturated carbocycles. The Bertz CT molecular complexity index is 952. The van der Waals surface area contributed by atoms with Gasteiger partial charge in [-0.05, 0) is 44.6 Å². The molecule has 5 N–H and O–H groups in total. The molecular formula is C21H32N2O7P2. The van der Waals surface area contributed by atoms with E-state index in [9.17, 15) is 28.7 Å². The SMILES string of the molecule is CC(C)=CCC[C@H](C)CCOC(Cc1ccc(-c2ncc[nH]2)cc1)(P(=O)(O)O)P(=O)(O)O. The van der Waals surface area contributed by atoms with E-state index in [4.69, 9.17) is 4.74 Å². The Labute approximate surface area is 188 Å². The lowest BCUT2D eigenvalue weighted by atomic mass is 10.0. The van der Waals surface area contributed by atoms with Gasteiger partial charge in [-0.25, -0.2) is 4.98 Å². The predicted molar refractivity (Wildman–Crippen MR) is 123 cm³/mol. The molecule has 0 aliphatic carbocycles. The summed E-state index contributed by atoms with van der Waals surface area (Å²) in [5, 5.41) is -2.94. The van der Waals surface area contributed by atoms with Gasteiger partial charge in [0.25, 0.3) is 5.08 Å². The van der Waals surface area contributed by atoms with Gasteiger partial charge in [-0.15, -0.1) is 0 Å². The average molecular weight is 486 g/mol. The number of H-pyrrole nitrogens is 1. The van der Waals surface area contributed by atoms with Crippen molar-refractivity contribution in [2.45, 2.75) is 51.5 Å². The molecule has 2 aromatic rings. The number of hydrogen-bond donors (Lipinski definition) is 5. The van der Waals surface area contributed by atoms with E-state index in [1.54, 1.807) is 36.7 Å². The Balaban J connectivity index is 2.19. The topological polar surface area (TPSA) is 153 Å². The number of benzene rings is 1. The number of allylic oxidation sites excluding steroid dienone is 2. The van der Waals surface area contributed by atoms with Crippen molar-refractivity contribution in [2.75, 3.05) is 6.61 Å². The number of rotatable bonds is 12. The molecule has 0 spiro atoms. The minimum Gasteiger partial charge on any atom is -0.352 e. The highest BCUT2D eigenvalue weighted by Crippen LogP contribution is 2.70. The molecule has 11 heteroatoms. The van der Waals surface area contributed by atoms with Crippen LogP contribution in [0.1, 0.15) is 45.6 Å². The van der Waals surface area contributed by atoms with Crippen molar-refractivity contribution in [1.29, 1.82) is 0 Å². The van der Waals surface area contributed by atoms with E-state index in [1.165, 1.54) is 5.57 Å². The fourth-order valence-corrected chi connectivity index (χ4v) is 5.94. The zero-order valence-corrected chi connectivity index (χ0v) is 20.3. The molecule has 32 heavy (non-hydrogen) atoms. The summed E-state index contributed by atoms with van der Waals surface area (Å²) in [5.41, 5.74) is 2.25. The molecule has 0 aliphatic rings. The predicted octanol–water partition coefficient (Wildman–Crippen LogP) is 4.42. The first kappa shape index (κ1) is 26.7. The first-order chi connectivity index (χ1) is 14.9. The van der Waals surface area contributed by atoms with Crippen molar-refractivity contribution in [3.05, 3.63) is 53.9 Å². The molecule has 178 valence electrons. The van der Waals surface area contributed by atoms with E-state index >= 15 is 0 Å². The maximum Gasteiger partial charge on any atom is 0.370 e. The van der Waals surface area contributed by atoms with E-state index in [0.29, 0.717) is 17.8 Å². The van der Waals surface area contributed by atoms with E-state index in [2.05, 4.69) is 16.0 Å². The Morgan fingerprint density at radius 1 is 1.12 bits per heavy atom. The highest BCUT2D eigenvalue weighted by molar-refractivity contribution is 7.72. The molecule has 0 saturated heterocycles. The van der Waals surface area contributed by atoms with Gasteiger partial charge in [-0.2, -0.15) is 0 Å². The summed E-state index contributed by atoms with van der Waals surface area (Å²) < 4.78 is 30.1. The van der Waals surface area contributed by atoms with Crippen molar-refractivity contribution in [3.8, 4) is 11.4 Å². The minimum atomic E-state index is -5.36. The Kier molecular flexibility index (Phi) is 9.20. The summed E-state index contributed by atoms with van der Waals surface area (Å²) >= 11 is 0. The smallest absolute Gasteiger partial charge is 0.352 e. The second-order valence-electron chi connectivity index (χ2n) is 8.24. The monoisotopic (exact) mass is 486 g/mol. The number of nitrogens with zero attached hydrogens (tertiary/aromatic N) is 1. The number of hydrogen-bond acceptors (Lipinski definition) is 4. The normalized spacial score (nSPS) is 13.7. The lowest BCUT2D eigenvalue weighted by molar-refractivity contribution is 0.0299. The van der Waals surface area contributed by atoms with E-state index in [0.717, 1.165) is 18.4 Å². The molecule has 9 nitrogen and oxygen atoms in total. The summed E-state index contributed by atoms with van der Waals surface area (Å²) in [7, 11) is -10.7. The highest BCUT2D eigenvalue weighted by Gasteiger charge is 2.61. The molecule has 1 aromatic heterocycles. The second kappa shape index (κ2) is 11.0. The van der Waals surface area contributed by atoms with Crippen LogP contribution in [-0.2, 0) is 20.3 Å². The van der Waals surface area contributed by atoms with Crippen LogP contribution >= 0.6 is 15.2 Å². The Morgan fingerprint density at radius 2 is 1.75 bits per heavy atom. The fourth-order valence-electron chi connectivity index (χ4n) is 3.29. The van der Waals surface area contributed by atoms with Crippen LogP contribution in [-0.4, -0.2) is 41.2 Å². The van der Waals surface area contributed by atoms with Crippen molar-refractivity contribution < 1.29 is 33.4 Å². The van der Waals surface area contributed by atoms with Gasteiger partial charge in [-0.3, -0.25) is 9.13 Å². The molecule has 0 bridgehead atoms. The van der Waals surface area contributed by atoms with Gasteiger partial charge in [0.2, 0.25) is 0 Å². The maximum atomic E-state index is 12.3. The second-order valence-corrected chi connectivity index (χ2v) is 12.2. The molecule has 1 atom stereocenters. The zero-order valence-electron chi connectivity index (χ0n) is 18.5. The molecule has 0 fully saturated rings. The summed E-state index contributed by atoms with van der Waals surface area (Å²) in [5.74, 6) is 0.760. The Morgan fingerprint density at radius 3 is 2.25 bits per heavy atom. The average Bonchev–Trinajstić information content (AvgIpc) is 3.20. The van der Waals surface area contributed by atoms with Crippen LogP contribution in [0.5, 0.6) is 0 Å². The standard InChI is InChI=1S/C21H32N2O7P2/c1-16(2)5-4-6-17(3)11-14-30-21(31(24,25)26,32(27,28)29)15-18-7-9-19(10-8-18)20-22-12-13-23-20/h5,7-10,12-13,17H,4,6,11,14-15H2,1-3H3,(H,22,23)(H2,24,25,26)(H2,27,28,29)/t17-/m0/s1. The molecule has 0 aliphatic heterocycles. The van der Waals surface area contributed by atoms with Crippen molar-refractivity contribution in [2.24, 2.45) is 5.92 Å². The molecular weight excluding hydrogens is 454 g/mol. The van der Waals surface area contributed by atoms with Crippen LogP contribution in [0.2, 0.25) is 0 Å². The quantitative estimate of drug-likeness (QED) is 0.218. The molecule has 1 heterocycles. The number of nitrogens with one attached hydrogen (secondary N) is 1. The summed E-state index contributed by atoms with van der Waals surface area (Å²) in [6, 6.07) is 6.40. The number of ether oxygens (including phenoxy) is 1. The van der Waals surface area contributed by atoms with Crippen LogP contribution in [0, 0.1) is 5.92 Å². The maximum absolute atomic E-state index is 12.3. The first-order valence-corrected chi connectivity index (χ1v) is 13.6. The summed E-state index contributed by atoms with van der Waals surface area (Å²) in [6.07, 6.45) is 6.81. The van der Waals surface area contributed by atoms with Crippen LogP contribution < -0.4 is 0 Å². The Hall–Kier alpha value is -1.57. The van der Waals surface area contributed by atoms with Crippen molar-refractivity contribution in [3.63, 3.8) is 0 Å². The minimum absolute atomic E-state index is 0.157. The van der Waals surface area contributed by atoms with Crippen LogP contribution in [0.4, 0.5) is 0 Å². The van der Waals surface area contributed by atoms with Gasteiger partial charge < -0.3 is 29.3 Å². The molecule has 0 radical (unpaired) electrons. The lowest BCUT2D eigenvalue weighted by Gasteiger charge is -2.34. The van der Waals surface area contributed by atoms with Gasteiger partial charge in [0.1, 0.15) is 5.82 Å². The van der Waals surface area contributed by atoms with Gasteiger partial charge in [-0.1, -0.05) is 42.8 Å². The lowest BCUT2D eigenvalue weighted by Crippen LogP contribution is -2.36. The first-order valence-electron chi connectivity index (χ1n) is 10.3. The largest absolute Gasteiger partial charge is 0.370 e. The van der Waals surface area contributed by atoms with E-state index < -0.39 is 26.7 Å². The highest BCUT2D eigenvalue weighted by atomic mass is 31.2. The van der Waals surface area contributed by atoms with Crippen molar-refractivity contribution in [1.82, 2.24) is 9.97 Å².